The van der Waals surface area contributed by atoms with E-state index in [0.29, 0.717) is 49.4 Å². The summed E-state index contributed by atoms with van der Waals surface area (Å²) in [6.45, 7) is 7.60. The Balaban J connectivity index is 1.51. The molecule has 1 aromatic carbocycles. The van der Waals surface area contributed by atoms with Crippen molar-refractivity contribution in [2.24, 2.45) is 0 Å². The average Bonchev–Trinajstić information content (AvgIpc) is 3.21. The van der Waals surface area contributed by atoms with Crippen LogP contribution in [0.4, 0.5) is 5.82 Å². The van der Waals surface area contributed by atoms with E-state index in [-0.39, 0.29) is 24.1 Å². The summed E-state index contributed by atoms with van der Waals surface area (Å²) in [5, 5.41) is 9.33. The Morgan fingerprint density at radius 1 is 1.21 bits per heavy atom. The minimum atomic E-state index is -0.348. The monoisotopic (exact) mass is 449 g/mol. The van der Waals surface area contributed by atoms with Crippen LogP contribution in [0.5, 0.6) is 5.88 Å². The Labute approximate surface area is 191 Å². The average molecular weight is 450 g/mol. The van der Waals surface area contributed by atoms with Gasteiger partial charge in [-0.15, -0.1) is 10.2 Å². The normalized spacial score (nSPS) is 22.4. The molecule has 33 heavy (non-hydrogen) atoms. The zero-order valence-corrected chi connectivity index (χ0v) is 18.9. The third-order valence-electron chi connectivity index (χ3n) is 6.27. The molecule has 9 heteroatoms. The van der Waals surface area contributed by atoms with E-state index in [2.05, 4.69) is 15.2 Å². The van der Waals surface area contributed by atoms with Gasteiger partial charge >= 0.3 is 0 Å². The molecular weight excluding hydrogens is 422 g/mol. The SMILES string of the molecule is CCOc1ccc([C@H]2COC[C@@H](C)N2C(=O)c2ccc3nc(N)c4c(c3c2)CO[C@@H]4C)nn1. The number of benzene rings is 1. The van der Waals surface area contributed by atoms with Crippen molar-refractivity contribution >= 4 is 22.6 Å². The van der Waals surface area contributed by atoms with Gasteiger partial charge in [-0.2, -0.15) is 0 Å². The molecule has 0 spiro atoms. The predicted molar refractivity (Wildman–Crippen MR) is 122 cm³/mol. The summed E-state index contributed by atoms with van der Waals surface area (Å²) in [6, 6.07) is 8.67. The molecule has 2 aromatic heterocycles. The van der Waals surface area contributed by atoms with Gasteiger partial charge in [-0.1, -0.05) is 0 Å². The third kappa shape index (κ3) is 3.77. The second-order valence-electron chi connectivity index (χ2n) is 8.42. The number of morpholine rings is 1. The topological polar surface area (TPSA) is 113 Å². The van der Waals surface area contributed by atoms with Crippen LogP contribution in [0.25, 0.3) is 10.9 Å². The molecule has 172 valence electrons. The van der Waals surface area contributed by atoms with E-state index in [1.54, 1.807) is 12.1 Å². The molecule has 2 aliphatic heterocycles. The number of fused-ring (bicyclic) bond motifs is 3. The number of carbonyl (C=O) groups excluding carboxylic acids is 1. The van der Waals surface area contributed by atoms with Crippen molar-refractivity contribution in [1.82, 2.24) is 20.1 Å². The Morgan fingerprint density at radius 3 is 2.82 bits per heavy atom. The van der Waals surface area contributed by atoms with Crippen molar-refractivity contribution in [2.45, 2.75) is 45.6 Å². The zero-order valence-electron chi connectivity index (χ0n) is 18.9. The molecule has 3 aromatic rings. The van der Waals surface area contributed by atoms with Crippen LogP contribution >= 0.6 is 0 Å². The molecule has 0 radical (unpaired) electrons. The number of pyridine rings is 1. The smallest absolute Gasteiger partial charge is 0.254 e. The van der Waals surface area contributed by atoms with Gasteiger partial charge in [-0.05, 0) is 50.6 Å². The van der Waals surface area contributed by atoms with Crippen LogP contribution < -0.4 is 10.5 Å². The maximum absolute atomic E-state index is 13.8. The first-order valence-corrected chi connectivity index (χ1v) is 11.2. The van der Waals surface area contributed by atoms with Gasteiger partial charge in [-0.25, -0.2) is 4.98 Å². The second-order valence-corrected chi connectivity index (χ2v) is 8.42. The van der Waals surface area contributed by atoms with Crippen molar-refractivity contribution < 1.29 is 19.0 Å². The number of anilines is 1. The summed E-state index contributed by atoms with van der Waals surface area (Å²) < 4.78 is 17.0. The minimum Gasteiger partial charge on any atom is -0.477 e. The van der Waals surface area contributed by atoms with E-state index in [0.717, 1.165) is 22.0 Å². The first-order valence-electron chi connectivity index (χ1n) is 11.2. The van der Waals surface area contributed by atoms with Crippen molar-refractivity contribution in [3.63, 3.8) is 0 Å². The minimum absolute atomic E-state index is 0.0917. The summed E-state index contributed by atoms with van der Waals surface area (Å²) >= 11 is 0. The number of ether oxygens (including phenoxy) is 3. The number of carbonyl (C=O) groups is 1. The molecular formula is C24H27N5O4. The molecule has 4 heterocycles. The van der Waals surface area contributed by atoms with Gasteiger partial charge in [0, 0.05) is 22.6 Å². The highest BCUT2D eigenvalue weighted by Crippen LogP contribution is 2.38. The zero-order chi connectivity index (χ0) is 23.1. The lowest BCUT2D eigenvalue weighted by atomic mass is 9.99. The largest absolute Gasteiger partial charge is 0.477 e. The Kier molecular flexibility index (Phi) is 5.59. The van der Waals surface area contributed by atoms with Gasteiger partial charge in [0.25, 0.3) is 5.91 Å². The highest BCUT2D eigenvalue weighted by Gasteiger charge is 2.35. The van der Waals surface area contributed by atoms with Gasteiger partial charge in [0.15, 0.2) is 0 Å². The van der Waals surface area contributed by atoms with Gasteiger partial charge in [-0.3, -0.25) is 4.79 Å². The molecule has 0 bridgehead atoms. The number of amides is 1. The summed E-state index contributed by atoms with van der Waals surface area (Å²) in [6.07, 6.45) is -0.113. The highest BCUT2D eigenvalue weighted by molar-refractivity contribution is 5.99. The van der Waals surface area contributed by atoms with Gasteiger partial charge in [0.1, 0.15) is 5.82 Å². The molecule has 2 aliphatic rings. The lowest BCUT2D eigenvalue weighted by Gasteiger charge is -2.40. The van der Waals surface area contributed by atoms with E-state index in [4.69, 9.17) is 19.9 Å². The van der Waals surface area contributed by atoms with Crippen molar-refractivity contribution in [1.29, 1.82) is 0 Å². The van der Waals surface area contributed by atoms with E-state index in [9.17, 15) is 4.79 Å². The van der Waals surface area contributed by atoms with Crippen molar-refractivity contribution in [3.05, 3.63) is 52.7 Å². The van der Waals surface area contributed by atoms with Crippen LogP contribution in [-0.4, -0.2) is 51.9 Å². The molecule has 2 N–H and O–H groups in total. The quantitative estimate of drug-likeness (QED) is 0.646. The number of rotatable bonds is 4. The summed E-state index contributed by atoms with van der Waals surface area (Å²) in [5.74, 6) is 0.846. The summed E-state index contributed by atoms with van der Waals surface area (Å²) in [4.78, 5) is 20.1. The third-order valence-corrected chi connectivity index (χ3v) is 6.27. The van der Waals surface area contributed by atoms with Crippen LogP contribution in [0.15, 0.2) is 30.3 Å². The summed E-state index contributed by atoms with van der Waals surface area (Å²) in [7, 11) is 0. The standard InChI is InChI=1S/C24H27N5O4/c1-4-32-21-8-7-19(27-28-21)20-12-31-10-13(2)29(20)24(30)15-5-6-18-16(9-15)17-11-33-14(3)22(17)23(25)26-18/h5-9,13-14,20H,4,10-12H2,1-3H3,(H2,25,26)/t13-,14-,20-/m1/s1. The van der Waals surface area contributed by atoms with E-state index in [1.165, 1.54) is 0 Å². The van der Waals surface area contributed by atoms with E-state index >= 15 is 0 Å². The van der Waals surface area contributed by atoms with Crippen LogP contribution in [0.2, 0.25) is 0 Å². The molecule has 3 atom stereocenters. The van der Waals surface area contributed by atoms with Crippen molar-refractivity contribution in [2.75, 3.05) is 25.6 Å². The van der Waals surface area contributed by atoms with Crippen LogP contribution in [0.3, 0.4) is 0 Å². The fraction of sp³-hybridized carbons (Fsp3) is 0.417. The van der Waals surface area contributed by atoms with E-state index < -0.39 is 0 Å². The maximum atomic E-state index is 13.8. The predicted octanol–water partition coefficient (Wildman–Crippen LogP) is 3.20. The first kappa shape index (κ1) is 21.5. The van der Waals surface area contributed by atoms with E-state index in [1.807, 2.05) is 43.9 Å². The Morgan fingerprint density at radius 2 is 2.06 bits per heavy atom. The fourth-order valence-corrected chi connectivity index (χ4v) is 4.67. The van der Waals surface area contributed by atoms with Crippen LogP contribution in [0, 0.1) is 0 Å². The molecule has 9 nitrogen and oxygen atoms in total. The number of nitrogens with zero attached hydrogens (tertiary/aromatic N) is 4. The Bertz CT molecular complexity index is 1200. The molecule has 0 saturated carbocycles. The second kappa shape index (κ2) is 8.57. The number of hydrogen-bond donors (Lipinski definition) is 1. The molecule has 0 aliphatic carbocycles. The fourth-order valence-electron chi connectivity index (χ4n) is 4.67. The van der Waals surface area contributed by atoms with Crippen LogP contribution in [-0.2, 0) is 16.1 Å². The van der Waals surface area contributed by atoms with Crippen molar-refractivity contribution in [3.8, 4) is 5.88 Å². The lowest BCUT2D eigenvalue weighted by Crippen LogP contribution is -2.49. The highest BCUT2D eigenvalue weighted by atomic mass is 16.5. The summed E-state index contributed by atoms with van der Waals surface area (Å²) in [5.41, 5.74) is 10.1. The first-order chi connectivity index (χ1) is 16.0. The van der Waals surface area contributed by atoms with Gasteiger partial charge in [0.2, 0.25) is 5.88 Å². The lowest BCUT2D eigenvalue weighted by molar-refractivity contribution is -0.0330. The maximum Gasteiger partial charge on any atom is 0.254 e. The molecule has 1 fully saturated rings. The van der Waals surface area contributed by atoms with Crippen LogP contribution in [0.1, 0.15) is 60.1 Å². The molecule has 0 unspecified atom stereocenters. The van der Waals surface area contributed by atoms with Gasteiger partial charge in [0.05, 0.1) is 55.8 Å². The Hall–Kier alpha value is -3.30. The number of hydrogen-bond acceptors (Lipinski definition) is 8. The molecule has 5 rings (SSSR count). The number of nitrogens with two attached hydrogens (primary N) is 1. The molecule has 1 amide bonds. The molecule has 1 saturated heterocycles. The number of aromatic nitrogens is 3. The number of nitrogen functional groups attached to an aromatic ring is 1. The van der Waals surface area contributed by atoms with Gasteiger partial charge < -0.3 is 24.8 Å².